The normalized spacial score (nSPS) is 13.3. The summed E-state index contributed by atoms with van der Waals surface area (Å²) in [6.07, 6.45) is 0. The molecule has 0 aliphatic heterocycles. The van der Waals surface area contributed by atoms with Crippen LogP contribution < -0.4 is 11.2 Å². The lowest BCUT2D eigenvalue weighted by Crippen LogP contribution is -2.46. The van der Waals surface area contributed by atoms with E-state index in [0.29, 0.717) is 10.9 Å². The molecule has 6 nitrogen and oxygen atoms in total. The van der Waals surface area contributed by atoms with Gasteiger partial charge in [0, 0.05) is 7.05 Å². The first-order chi connectivity index (χ1) is 11.0. The number of para-hydroxylation sites is 1. The molecule has 0 unspecified atom stereocenters. The molecule has 0 amide bonds. The van der Waals surface area contributed by atoms with Crippen LogP contribution in [0.3, 0.4) is 0 Å². The number of nitrogens with zero attached hydrogens (tertiary/aromatic N) is 2. The van der Waals surface area contributed by atoms with E-state index in [2.05, 4.69) is 0 Å². The van der Waals surface area contributed by atoms with Gasteiger partial charge >= 0.3 is 11.7 Å². The van der Waals surface area contributed by atoms with Crippen molar-refractivity contribution in [2.24, 2.45) is 13.0 Å². The molecule has 24 heavy (non-hydrogen) atoms. The van der Waals surface area contributed by atoms with Crippen molar-refractivity contribution in [3.63, 3.8) is 0 Å². The Bertz CT molecular complexity index is 884. The molecule has 6 heteroatoms. The van der Waals surface area contributed by atoms with Gasteiger partial charge in [0.2, 0.25) is 0 Å². The molecule has 1 heterocycles. The first kappa shape index (κ1) is 18.0. The Morgan fingerprint density at radius 2 is 1.71 bits per heavy atom. The van der Waals surface area contributed by atoms with Crippen LogP contribution in [0.1, 0.15) is 40.7 Å². The average molecular weight is 332 g/mol. The molecule has 0 aliphatic carbocycles. The number of hydrogen-bond donors (Lipinski definition) is 0. The lowest BCUT2D eigenvalue weighted by molar-refractivity contribution is -0.160. The number of carbonyl (C=O) groups is 1. The fourth-order valence-electron chi connectivity index (χ4n) is 2.71. The molecule has 0 radical (unpaired) electrons. The molecule has 0 aliphatic rings. The SMILES string of the molecule is CC(C)[C@@H](C(=O)OC(C)(C)C)n1c(=O)c2ccccc2n(C)c1=O. The fraction of sp³-hybridized carbons (Fsp3) is 0.500. The first-order valence-corrected chi connectivity index (χ1v) is 7.97. The minimum absolute atomic E-state index is 0.272. The highest BCUT2D eigenvalue weighted by Gasteiger charge is 2.32. The second-order valence-electron chi connectivity index (χ2n) is 7.26. The predicted octanol–water partition coefficient (Wildman–Crippen LogP) is 2.24. The van der Waals surface area contributed by atoms with Crippen LogP contribution >= 0.6 is 0 Å². The van der Waals surface area contributed by atoms with E-state index >= 15 is 0 Å². The molecular formula is C18H24N2O4. The molecule has 2 aromatic rings. The molecule has 0 saturated heterocycles. The number of aromatic nitrogens is 2. The molecule has 1 aromatic carbocycles. The number of ether oxygens (including phenoxy) is 1. The summed E-state index contributed by atoms with van der Waals surface area (Å²) in [5.74, 6) is -0.849. The maximum absolute atomic E-state index is 12.9. The van der Waals surface area contributed by atoms with E-state index in [9.17, 15) is 14.4 Å². The van der Waals surface area contributed by atoms with Gasteiger partial charge in [-0.15, -0.1) is 0 Å². The highest BCUT2D eigenvalue weighted by Crippen LogP contribution is 2.21. The van der Waals surface area contributed by atoms with Crippen molar-refractivity contribution in [1.82, 2.24) is 9.13 Å². The molecule has 0 fully saturated rings. The van der Waals surface area contributed by atoms with Crippen molar-refractivity contribution in [2.45, 2.75) is 46.3 Å². The quantitative estimate of drug-likeness (QED) is 0.808. The second kappa shape index (κ2) is 6.26. The summed E-state index contributed by atoms with van der Waals surface area (Å²) in [6.45, 7) is 8.84. The predicted molar refractivity (Wildman–Crippen MR) is 93.2 cm³/mol. The number of benzene rings is 1. The highest BCUT2D eigenvalue weighted by molar-refractivity contribution is 5.79. The number of fused-ring (bicyclic) bond motifs is 1. The van der Waals surface area contributed by atoms with Crippen molar-refractivity contribution >= 4 is 16.9 Å². The van der Waals surface area contributed by atoms with Crippen LogP contribution in [0.4, 0.5) is 0 Å². The van der Waals surface area contributed by atoms with Crippen LogP contribution in [0.15, 0.2) is 33.9 Å². The van der Waals surface area contributed by atoms with Crippen LogP contribution in [0.25, 0.3) is 10.9 Å². The number of aryl methyl sites for hydroxylation is 1. The van der Waals surface area contributed by atoms with Gasteiger partial charge in [0.15, 0.2) is 0 Å². The van der Waals surface area contributed by atoms with Crippen LogP contribution in [0, 0.1) is 5.92 Å². The maximum atomic E-state index is 12.9. The standard InChI is InChI=1S/C18H24N2O4/c1-11(2)14(16(22)24-18(3,4)5)20-15(21)12-9-7-8-10-13(12)19(6)17(20)23/h7-11,14H,1-6H3/t14-/m0/s1. The van der Waals surface area contributed by atoms with Gasteiger partial charge in [0.25, 0.3) is 5.56 Å². The molecule has 0 bridgehead atoms. The van der Waals surface area contributed by atoms with Crippen molar-refractivity contribution in [1.29, 1.82) is 0 Å². The molecule has 2 rings (SSSR count). The Hall–Kier alpha value is -2.37. The topological polar surface area (TPSA) is 70.3 Å². The molecule has 0 saturated carbocycles. The minimum Gasteiger partial charge on any atom is -0.458 e. The van der Waals surface area contributed by atoms with Gasteiger partial charge in [-0.25, -0.2) is 14.2 Å². The second-order valence-corrected chi connectivity index (χ2v) is 7.26. The van der Waals surface area contributed by atoms with Gasteiger partial charge in [0.05, 0.1) is 10.9 Å². The summed E-state index contributed by atoms with van der Waals surface area (Å²) in [5.41, 5.74) is -1.16. The van der Waals surface area contributed by atoms with Gasteiger partial charge in [-0.3, -0.25) is 9.36 Å². The number of rotatable bonds is 3. The molecule has 1 aromatic heterocycles. The Labute approximate surface area is 140 Å². The zero-order valence-electron chi connectivity index (χ0n) is 15.0. The van der Waals surface area contributed by atoms with Crippen molar-refractivity contribution in [3.05, 3.63) is 45.1 Å². The summed E-state index contributed by atoms with van der Waals surface area (Å²) >= 11 is 0. The third kappa shape index (κ3) is 3.27. The van der Waals surface area contributed by atoms with E-state index in [1.807, 2.05) is 0 Å². The van der Waals surface area contributed by atoms with Crippen molar-refractivity contribution < 1.29 is 9.53 Å². The molecule has 0 N–H and O–H groups in total. The molecule has 130 valence electrons. The molecular weight excluding hydrogens is 308 g/mol. The Kier molecular flexibility index (Phi) is 4.69. The van der Waals surface area contributed by atoms with E-state index in [1.165, 1.54) is 4.57 Å². The van der Waals surface area contributed by atoms with Gasteiger partial charge in [-0.05, 0) is 38.8 Å². The summed E-state index contributed by atoms with van der Waals surface area (Å²) in [7, 11) is 1.59. The van der Waals surface area contributed by atoms with Crippen LogP contribution in [-0.2, 0) is 16.6 Å². The minimum atomic E-state index is -0.972. The van der Waals surface area contributed by atoms with E-state index in [4.69, 9.17) is 4.74 Å². The van der Waals surface area contributed by atoms with E-state index < -0.39 is 28.9 Å². The zero-order chi connectivity index (χ0) is 18.2. The Balaban J connectivity index is 2.75. The van der Waals surface area contributed by atoms with E-state index in [1.54, 1.807) is 65.9 Å². The summed E-state index contributed by atoms with van der Waals surface area (Å²) in [6, 6.07) is 5.89. The van der Waals surface area contributed by atoms with Gasteiger partial charge in [0.1, 0.15) is 11.6 Å². The van der Waals surface area contributed by atoms with Gasteiger partial charge in [-0.2, -0.15) is 0 Å². The number of hydrogen-bond acceptors (Lipinski definition) is 4. The van der Waals surface area contributed by atoms with E-state index in [-0.39, 0.29) is 5.92 Å². The summed E-state index contributed by atoms with van der Waals surface area (Å²) in [5, 5.41) is 0.397. The Morgan fingerprint density at radius 3 is 2.25 bits per heavy atom. The maximum Gasteiger partial charge on any atom is 0.332 e. The molecule has 0 spiro atoms. The van der Waals surface area contributed by atoms with Gasteiger partial charge in [-0.1, -0.05) is 26.0 Å². The van der Waals surface area contributed by atoms with Crippen molar-refractivity contribution in [2.75, 3.05) is 0 Å². The average Bonchev–Trinajstić information content (AvgIpc) is 2.47. The third-order valence-electron chi connectivity index (χ3n) is 3.77. The molecule has 1 atom stereocenters. The smallest absolute Gasteiger partial charge is 0.332 e. The monoisotopic (exact) mass is 332 g/mol. The lowest BCUT2D eigenvalue weighted by atomic mass is 10.0. The Morgan fingerprint density at radius 1 is 1.12 bits per heavy atom. The summed E-state index contributed by atoms with van der Waals surface area (Å²) in [4.78, 5) is 38.2. The fourth-order valence-corrected chi connectivity index (χ4v) is 2.71. The van der Waals surface area contributed by atoms with Crippen LogP contribution in [0.2, 0.25) is 0 Å². The summed E-state index contributed by atoms with van der Waals surface area (Å²) < 4.78 is 7.83. The highest BCUT2D eigenvalue weighted by atomic mass is 16.6. The van der Waals surface area contributed by atoms with Crippen LogP contribution in [-0.4, -0.2) is 20.7 Å². The first-order valence-electron chi connectivity index (χ1n) is 7.97. The van der Waals surface area contributed by atoms with Crippen LogP contribution in [0.5, 0.6) is 0 Å². The van der Waals surface area contributed by atoms with Crippen molar-refractivity contribution in [3.8, 4) is 0 Å². The number of esters is 1. The lowest BCUT2D eigenvalue weighted by Gasteiger charge is -2.27. The van der Waals surface area contributed by atoms with Gasteiger partial charge < -0.3 is 4.74 Å². The van der Waals surface area contributed by atoms with E-state index in [0.717, 1.165) is 4.57 Å². The zero-order valence-corrected chi connectivity index (χ0v) is 15.0. The largest absolute Gasteiger partial charge is 0.458 e. The third-order valence-corrected chi connectivity index (χ3v) is 3.77. The number of carbonyl (C=O) groups excluding carboxylic acids is 1.